The molecule has 0 aromatic carbocycles. The number of rotatable bonds is 4. The summed E-state index contributed by atoms with van der Waals surface area (Å²) in [4.78, 5) is 10.0. The Labute approximate surface area is 102 Å². The Morgan fingerprint density at radius 3 is 2.08 bits per heavy atom. The van der Waals surface area contributed by atoms with Crippen molar-refractivity contribution in [2.45, 2.75) is 12.5 Å². The second-order valence-corrected chi connectivity index (χ2v) is 3.70. The van der Waals surface area contributed by atoms with Gasteiger partial charge in [0.25, 0.3) is 0 Å². The molecular weight excluding hydrogens is 308 g/mol. The number of carbonyl (C=O) groups excluding carboxylic acids is 1. The number of likely N-dealkylation sites (N-methyl/N-ethyl adjacent to an activating group) is 1. The van der Waals surface area contributed by atoms with E-state index in [0.29, 0.717) is 11.0 Å². The minimum absolute atomic E-state index is 0. The summed E-state index contributed by atoms with van der Waals surface area (Å²) >= 11 is 0. The predicted octanol–water partition coefficient (Wildman–Crippen LogP) is -7.80. The largest absolute Gasteiger partial charge is 1.00 e. The predicted molar refractivity (Wildman–Crippen MR) is 38.5 cm³/mol. The molecule has 0 saturated carbocycles. The van der Waals surface area contributed by atoms with E-state index < -0.39 is 12.1 Å². The van der Waals surface area contributed by atoms with Crippen molar-refractivity contribution in [3.63, 3.8) is 0 Å². The van der Waals surface area contributed by atoms with Gasteiger partial charge in [-0.05, 0) is 0 Å². The van der Waals surface area contributed by atoms with Crippen molar-refractivity contribution in [1.82, 2.24) is 0 Å². The molecule has 0 amide bonds. The monoisotopic (exact) mass is 323 g/mol. The number of aliphatic hydroxyl groups excluding tert-OH is 1. The third kappa shape index (κ3) is 15.2. The lowest BCUT2D eigenvalue weighted by atomic mass is 10.2. The van der Waals surface area contributed by atoms with E-state index >= 15 is 0 Å². The van der Waals surface area contributed by atoms with Gasteiger partial charge in [-0.2, -0.15) is 0 Å². The van der Waals surface area contributed by atoms with Gasteiger partial charge in [0.05, 0.1) is 21.1 Å². The van der Waals surface area contributed by atoms with E-state index in [1.54, 1.807) is 0 Å². The third-order valence-electron chi connectivity index (χ3n) is 1.16. The van der Waals surface area contributed by atoms with E-state index in [2.05, 4.69) is 0 Å². The second-order valence-electron chi connectivity index (χ2n) is 3.70. The lowest BCUT2D eigenvalue weighted by Gasteiger charge is -2.26. The zero-order chi connectivity index (χ0) is 9.07. The van der Waals surface area contributed by atoms with Crippen LogP contribution in [0.1, 0.15) is 6.42 Å². The van der Waals surface area contributed by atoms with Crippen LogP contribution < -0.4 is 41.5 Å². The highest BCUT2D eigenvalue weighted by molar-refractivity contribution is 5.64. The van der Waals surface area contributed by atoms with Crippen molar-refractivity contribution in [2.75, 3.05) is 27.7 Å². The second kappa shape index (κ2) is 7.78. The minimum Gasteiger partial charge on any atom is -1.00 e. The third-order valence-corrected chi connectivity index (χ3v) is 1.16. The molecule has 13 heavy (non-hydrogen) atoms. The maximum absolute atomic E-state index is 10.0. The molecule has 0 bridgehead atoms. The summed E-state index contributed by atoms with van der Waals surface area (Å²) in [5.74, 6) is -1.20. The van der Waals surface area contributed by atoms with Crippen LogP contribution in [-0.2, 0) is 4.79 Å². The molecule has 0 radical (unpaired) electrons. The number of aliphatic carboxylic acids is 1. The Balaban J connectivity index is -0.000000500. The van der Waals surface area contributed by atoms with Gasteiger partial charge in [0, 0.05) is 12.4 Å². The molecule has 1 N–H and O–H groups in total. The number of hydrogen-bond acceptors (Lipinski definition) is 3. The van der Waals surface area contributed by atoms with Gasteiger partial charge in [-0.1, -0.05) is 0 Å². The van der Waals surface area contributed by atoms with Crippen molar-refractivity contribution in [2.24, 2.45) is 0 Å². The number of nitrogens with zero attached hydrogens (tertiary/aromatic N) is 1. The van der Waals surface area contributed by atoms with Crippen LogP contribution in [0.3, 0.4) is 0 Å². The van der Waals surface area contributed by atoms with Crippen molar-refractivity contribution in [3.05, 3.63) is 0 Å². The zero-order valence-corrected chi connectivity index (χ0v) is 10.9. The number of carboxylic acids is 1. The van der Waals surface area contributed by atoms with Crippen molar-refractivity contribution >= 4 is 5.97 Å². The van der Waals surface area contributed by atoms with E-state index in [4.69, 9.17) is 5.11 Å². The number of carboxylic acid groups (broad SMARTS) is 1. The first kappa shape index (κ1) is 19.1. The van der Waals surface area contributed by atoms with Crippen molar-refractivity contribution in [3.8, 4) is 0 Å². The average molecular weight is 324 g/mol. The number of halogens is 2. The Hall–Kier alpha value is 0.410. The first-order valence-electron chi connectivity index (χ1n) is 3.49. The Morgan fingerprint density at radius 2 is 1.85 bits per heavy atom. The molecule has 0 rings (SSSR count). The van der Waals surface area contributed by atoms with Gasteiger partial charge in [-0.25, -0.2) is 0 Å². The standard InChI is InChI=1S/C7H15NO3.ClH.HI/c1-8(2,3)5-6(9)4-7(10)11;;/h6,9H,4-5H2,1-3H3;2*1H/p-2. The minimum atomic E-state index is -1.20. The van der Waals surface area contributed by atoms with E-state index in [0.717, 1.165) is 0 Å². The average Bonchev–Trinajstić information content (AvgIpc) is 1.53. The SMILES string of the molecule is C[N+](C)(C)CC(O)CC(=O)[O-].[Cl-].[I-]. The van der Waals surface area contributed by atoms with Gasteiger partial charge >= 0.3 is 0 Å². The lowest BCUT2D eigenvalue weighted by Crippen LogP contribution is -3.00. The Morgan fingerprint density at radius 1 is 1.46 bits per heavy atom. The van der Waals surface area contributed by atoms with E-state index in [1.807, 2.05) is 21.1 Å². The quantitative estimate of drug-likeness (QED) is 0.413. The van der Waals surface area contributed by atoms with E-state index in [9.17, 15) is 9.90 Å². The van der Waals surface area contributed by atoms with Crippen LogP contribution in [-0.4, -0.2) is 49.4 Å². The number of aliphatic hydroxyl groups is 1. The van der Waals surface area contributed by atoms with Crippen LogP contribution in [0, 0.1) is 0 Å². The Kier molecular flexibility index (Phi) is 11.4. The topological polar surface area (TPSA) is 60.4 Å². The molecule has 1 atom stereocenters. The lowest BCUT2D eigenvalue weighted by molar-refractivity contribution is -0.873. The number of hydrogen-bond donors (Lipinski definition) is 1. The molecule has 0 aliphatic rings. The summed E-state index contributed by atoms with van der Waals surface area (Å²) in [5.41, 5.74) is 0. The maximum atomic E-state index is 10.0. The highest BCUT2D eigenvalue weighted by Gasteiger charge is 2.14. The fourth-order valence-corrected chi connectivity index (χ4v) is 0.889. The highest BCUT2D eigenvalue weighted by Crippen LogP contribution is 1.97. The molecule has 1 unspecified atom stereocenters. The first-order chi connectivity index (χ1) is 4.81. The molecule has 0 heterocycles. The van der Waals surface area contributed by atoms with E-state index in [-0.39, 0.29) is 42.8 Å². The van der Waals surface area contributed by atoms with Crippen LogP contribution in [0.25, 0.3) is 0 Å². The summed E-state index contributed by atoms with van der Waals surface area (Å²) < 4.78 is 0.550. The normalized spacial score (nSPS) is 12.3. The van der Waals surface area contributed by atoms with Gasteiger partial charge < -0.3 is 55.9 Å². The van der Waals surface area contributed by atoms with E-state index in [1.165, 1.54) is 0 Å². The van der Waals surface area contributed by atoms with Crippen LogP contribution in [0.15, 0.2) is 0 Å². The number of quaternary nitrogens is 1. The molecule has 0 aromatic heterocycles. The Bertz CT molecular complexity index is 149. The molecular formula is C7H15ClINO3-2. The molecule has 0 spiro atoms. The van der Waals surface area contributed by atoms with Crippen LogP contribution in [0.4, 0.5) is 0 Å². The molecule has 82 valence electrons. The summed E-state index contributed by atoms with van der Waals surface area (Å²) in [6, 6.07) is 0. The van der Waals surface area contributed by atoms with Gasteiger partial charge in [0.2, 0.25) is 0 Å². The fourth-order valence-electron chi connectivity index (χ4n) is 0.889. The zero-order valence-electron chi connectivity index (χ0n) is 7.96. The van der Waals surface area contributed by atoms with Crippen molar-refractivity contribution in [1.29, 1.82) is 0 Å². The van der Waals surface area contributed by atoms with Gasteiger partial charge in [-0.15, -0.1) is 0 Å². The summed E-state index contributed by atoms with van der Waals surface area (Å²) in [6.07, 6.45) is -1.09. The van der Waals surface area contributed by atoms with Gasteiger partial charge in [0.1, 0.15) is 12.6 Å². The van der Waals surface area contributed by atoms with Gasteiger partial charge in [0.15, 0.2) is 0 Å². The molecule has 0 saturated heterocycles. The van der Waals surface area contributed by atoms with Crippen LogP contribution in [0.5, 0.6) is 0 Å². The smallest absolute Gasteiger partial charge is 0.108 e. The van der Waals surface area contributed by atoms with Crippen molar-refractivity contribution < 1.29 is 55.9 Å². The van der Waals surface area contributed by atoms with Gasteiger partial charge in [-0.3, -0.25) is 0 Å². The van der Waals surface area contributed by atoms with Crippen LogP contribution in [0.2, 0.25) is 0 Å². The molecule has 0 aliphatic heterocycles. The molecule has 0 fully saturated rings. The highest BCUT2D eigenvalue weighted by atomic mass is 127. The molecule has 6 heteroatoms. The van der Waals surface area contributed by atoms with Crippen LogP contribution >= 0.6 is 0 Å². The fraction of sp³-hybridized carbons (Fsp3) is 0.857. The molecule has 4 nitrogen and oxygen atoms in total. The number of carbonyl (C=O) groups is 1. The summed E-state index contributed by atoms with van der Waals surface area (Å²) in [7, 11) is 5.66. The summed E-state index contributed by atoms with van der Waals surface area (Å²) in [5, 5.41) is 19.1. The summed E-state index contributed by atoms with van der Waals surface area (Å²) in [6.45, 7) is 0.425. The molecule has 0 aliphatic carbocycles. The molecule has 0 aromatic rings. The maximum Gasteiger partial charge on any atom is 0.108 e. The first-order valence-corrected chi connectivity index (χ1v) is 3.49.